The van der Waals surface area contributed by atoms with E-state index in [0.717, 1.165) is 36.6 Å². The highest BCUT2D eigenvalue weighted by atomic mass is 16.3. The Balaban J connectivity index is 1.93. The molecule has 0 aliphatic rings. The van der Waals surface area contributed by atoms with Crippen LogP contribution in [0.3, 0.4) is 0 Å². The Morgan fingerprint density at radius 1 is 1.47 bits per heavy atom. The average molecular weight is 233 g/mol. The average Bonchev–Trinajstić information content (AvgIpc) is 2.94. The molecule has 0 aliphatic heterocycles. The normalized spacial score (nSPS) is 12.9. The summed E-state index contributed by atoms with van der Waals surface area (Å²) in [6, 6.07) is 3.92. The van der Waals surface area contributed by atoms with Gasteiger partial charge in [0.2, 0.25) is 0 Å². The van der Waals surface area contributed by atoms with Crippen LogP contribution < -0.4 is 5.73 Å². The molecule has 2 N–H and O–H groups in total. The van der Waals surface area contributed by atoms with Gasteiger partial charge in [0.25, 0.3) is 0 Å². The predicted octanol–water partition coefficient (Wildman–Crippen LogP) is 2.21. The molecule has 0 spiro atoms. The van der Waals surface area contributed by atoms with Crippen LogP contribution in [0.15, 0.2) is 28.9 Å². The van der Waals surface area contributed by atoms with Crippen molar-refractivity contribution in [3.63, 3.8) is 0 Å². The smallest absolute Gasteiger partial charge is 0.120 e. The summed E-state index contributed by atoms with van der Waals surface area (Å²) in [7, 11) is 2.00. The molecule has 1 atom stereocenters. The molecule has 2 aromatic rings. The van der Waals surface area contributed by atoms with Crippen molar-refractivity contribution in [3.05, 3.63) is 41.9 Å². The number of aryl methyl sites for hydroxylation is 3. The molecule has 2 rings (SSSR count). The van der Waals surface area contributed by atoms with Crippen molar-refractivity contribution < 1.29 is 4.42 Å². The van der Waals surface area contributed by atoms with Crippen LogP contribution in [-0.2, 0) is 19.9 Å². The lowest BCUT2D eigenvalue weighted by Crippen LogP contribution is -2.11. The van der Waals surface area contributed by atoms with E-state index in [1.54, 1.807) is 0 Å². The number of furan rings is 1. The highest BCUT2D eigenvalue weighted by Crippen LogP contribution is 2.19. The minimum atomic E-state index is -0.0491. The van der Waals surface area contributed by atoms with Crippen molar-refractivity contribution in [1.82, 2.24) is 9.55 Å². The summed E-state index contributed by atoms with van der Waals surface area (Å²) in [5, 5.41) is 0. The summed E-state index contributed by atoms with van der Waals surface area (Å²) < 4.78 is 7.66. The standard InChI is InChI=1S/C13H19N3O/c1-3-10-4-6-12(17-10)11(14)5-7-13-15-8-9-16(13)2/h4,6,8-9,11H,3,5,7,14H2,1-2H3. The van der Waals surface area contributed by atoms with Crippen LogP contribution in [0.25, 0.3) is 0 Å². The van der Waals surface area contributed by atoms with E-state index < -0.39 is 0 Å². The molecule has 2 heterocycles. The van der Waals surface area contributed by atoms with Crippen LogP contribution in [0.5, 0.6) is 0 Å². The summed E-state index contributed by atoms with van der Waals surface area (Å²) in [5.74, 6) is 2.92. The second-order valence-corrected chi connectivity index (χ2v) is 4.26. The van der Waals surface area contributed by atoms with Crippen LogP contribution in [0.4, 0.5) is 0 Å². The highest BCUT2D eigenvalue weighted by molar-refractivity contribution is 5.10. The van der Waals surface area contributed by atoms with Gasteiger partial charge in [-0.25, -0.2) is 4.98 Å². The molecule has 0 fully saturated rings. The molecular formula is C13H19N3O. The molecule has 0 amide bonds. The quantitative estimate of drug-likeness (QED) is 0.861. The Bertz CT molecular complexity index is 472. The minimum Gasteiger partial charge on any atom is -0.464 e. The highest BCUT2D eigenvalue weighted by Gasteiger charge is 2.11. The number of nitrogens with two attached hydrogens (primary N) is 1. The fourth-order valence-corrected chi connectivity index (χ4v) is 1.85. The molecule has 92 valence electrons. The molecule has 1 unspecified atom stereocenters. The molecule has 0 aromatic carbocycles. The van der Waals surface area contributed by atoms with E-state index in [9.17, 15) is 0 Å². The number of imidazole rings is 1. The monoisotopic (exact) mass is 233 g/mol. The van der Waals surface area contributed by atoms with Gasteiger partial charge in [0, 0.05) is 32.3 Å². The van der Waals surface area contributed by atoms with E-state index in [1.165, 1.54) is 0 Å². The second-order valence-electron chi connectivity index (χ2n) is 4.26. The Morgan fingerprint density at radius 3 is 2.88 bits per heavy atom. The lowest BCUT2D eigenvalue weighted by molar-refractivity contribution is 0.423. The van der Waals surface area contributed by atoms with E-state index in [0.29, 0.717) is 0 Å². The summed E-state index contributed by atoms with van der Waals surface area (Å²) in [5.41, 5.74) is 6.10. The zero-order valence-corrected chi connectivity index (χ0v) is 10.4. The van der Waals surface area contributed by atoms with Crippen LogP contribution >= 0.6 is 0 Å². The number of rotatable bonds is 5. The van der Waals surface area contributed by atoms with Gasteiger partial charge in [0.1, 0.15) is 17.3 Å². The first-order valence-corrected chi connectivity index (χ1v) is 6.01. The molecule has 4 nitrogen and oxygen atoms in total. The van der Waals surface area contributed by atoms with Gasteiger partial charge < -0.3 is 14.7 Å². The lowest BCUT2D eigenvalue weighted by Gasteiger charge is -2.08. The van der Waals surface area contributed by atoms with Gasteiger partial charge >= 0.3 is 0 Å². The van der Waals surface area contributed by atoms with Crippen LogP contribution in [-0.4, -0.2) is 9.55 Å². The molecule has 0 saturated carbocycles. The van der Waals surface area contributed by atoms with Crippen LogP contribution in [0.1, 0.15) is 36.7 Å². The third-order valence-electron chi connectivity index (χ3n) is 3.00. The third-order valence-corrected chi connectivity index (χ3v) is 3.00. The summed E-state index contributed by atoms with van der Waals surface area (Å²) in [6.07, 6.45) is 6.38. The fraction of sp³-hybridized carbons (Fsp3) is 0.462. The molecular weight excluding hydrogens is 214 g/mol. The molecule has 2 aromatic heterocycles. The largest absolute Gasteiger partial charge is 0.464 e. The van der Waals surface area contributed by atoms with Gasteiger partial charge in [-0.2, -0.15) is 0 Å². The molecule has 0 saturated heterocycles. The van der Waals surface area contributed by atoms with Gasteiger partial charge in [-0.15, -0.1) is 0 Å². The van der Waals surface area contributed by atoms with E-state index in [4.69, 9.17) is 10.2 Å². The Hall–Kier alpha value is -1.55. The second kappa shape index (κ2) is 5.19. The van der Waals surface area contributed by atoms with Crippen molar-refractivity contribution in [2.24, 2.45) is 12.8 Å². The fourth-order valence-electron chi connectivity index (χ4n) is 1.85. The summed E-state index contributed by atoms with van der Waals surface area (Å²) in [4.78, 5) is 4.28. The zero-order valence-electron chi connectivity index (χ0n) is 10.4. The topological polar surface area (TPSA) is 57.0 Å². The molecule has 17 heavy (non-hydrogen) atoms. The Morgan fingerprint density at radius 2 is 2.29 bits per heavy atom. The van der Waals surface area contributed by atoms with E-state index in [1.807, 2.05) is 36.1 Å². The molecule has 0 radical (unpaired) electrons. The maximum absolute atomic E-state index is 6.10. The third kappa shape index (κ3) is 2.77. The minimum absolute atomic E-state index is 0.0491. The number of aromatic nitrogens is 2. The maximum Gasteiger partial charge on any atom is 0.120 e. The van der Waals surface area contributed by atoms with Gasteiger partial charge in [0.05, 0.1) is 6.04 Å². The lowest BCUT2D eigenvalue weighted by atomic mass is 10.1. The van der Waals surface area contributed by atoms with E-state index in [-0.39, 0.29) is 6.04 Å². The zero-order chi connectivity index (χ0) is 12.3. The number of hydrogen-bond donors (Lipinski definition) is 1. The summed E-state index contributed by atoms with van der Waals surface area (Å²) >= 11 is 0. The van der Waals surface area contributed by atoms with Gasteiger partial charge in [-0.05, 0) is 18.6 Å². The van der Waals surface area contributed by atoms with Crippen molar-refractivity contribution >= 4 is 0 Å². The van der Waals surface area contributed by atoms with Crippen LogP contribution in [0.2, 0.25) is 0 Å². The molecule has 4 heteroatoms. The first kappa shape index (κ1) is 11.9. The molecule has 0 bridgehead atoms. The van der Waals surface area contributed by atoms with E-state index >= 15 is 0 Å². The molecule has 0 aliphatic carbocycles. The predicted molar refractivity (Wildman–Crippen MR) is 66.5 cm³/mol. The first-order valence-electron chi connectivity index (χ1n) is 6.01. The van der Waals surface area contributed by atoms with Crippen molar-refractivity contribution in [2.75, 3.05) is 0 Å². The van der Waals surface area contributed by atoms with Gasteiger partial charge in [-0.3, -0.25) is 0 Å². The Labute approximate surface area is 101 Å². The van der Waals surface area contributed by atoms with Gasteiger partial charge in [0.15, 0.2) is 0 Å². The van der Waals surface area contributed by atoms with Crippen LogP contribution in [0, 0.1) is 0 Å². The number of hydrogen-bond acceptors (Lipinski definition) is 3. The summed E-state index contributed by atoms with van der Waals surface area (Å²) in [6.45, 7) is 2.07. The number of nitrogens with zero attached hydrogens (tertiary/aromatic N) is 2. The van der Waals surface area contributed by atoms with Crippen molar-refractivity contribution in [3.8, 4) is 0 Å². The Kier molecular flexibility index (Phi) is 3.64. The van der Waals surface area contributed by atoms with Gasteiger partial charge in [-0.1, -0.05) is 6.92 Å². The SMILES string of the molecule is CCc1ccc(C(N)CCc2nccn2C)o1. The maximum atomic E-state index is 6.10. The van der Waals surface area contributed by atoms with Crippen molar-refractivity contribution in [2.45, 2.75) is 32.2 Å². The first-order chi connectivity index (χ1) is 8.20. The van der Waals surface area contributed by atoms with Crippen molar-refractivity contribution in [1.29, 1.82) is 0 Å². The van der Waals surface area contributed by atoms with E-state index in [2.05, 4.69) is 11.9 Å².